The van der Waals surface area contributed by atoms with Crippen molar-refractivity contribution >= 4 is 0 Å². The fourth-order valence-electron chi connectivity index (χ4n) is 4.73. The second kappa shape index (κ2) is 6.74. The van der Waals surface area contributed by atoms with E-state index in [1.54, 1.807) is 5.56 Å². The van der Waals surface area contributed by atoms with Crippen molar-refractivity contribution in [2.24, 2.45) is 5.92 Å². The van der Waals surface area contributed by atoms with Crippen LogP contribution in [0.15, 0.2) is 42.5 Å². The van der Waals surface area contributed by atoms with Gasteiger partial charge in [0.05, 0.1) is 0 Å². The first kappa shape index (κ1) is 16.5. The lowest BCUT2D eigenvalue weighted by atomic mass is 9.74. The molecule has 0 saturated heterocycles. The minimum absolute atomic E-state index is 0.218. The van der Waals surface area contributed by atoms with Gasteiger partial charge in [0.1, 0.15) is 11.6 Å². The third kappa shape index (κ3) is 3.27. The molecule has 0 heterocycles. The molecule has 4 rings (SSSR count). The highest BCUT2D eigenvalue weighted by Crippen LogP contribution is 2.38. The van der Waals surface area contributed by atoms with Crippen molar-refractivity contribution < 1.29 is 8.78 Å². The van der Waals surface area contributed by atoms with E-state index in [0.29, 0.717) is 5.92 Å². The van der Waals surface area contributed by atoms with E-state index in [-0.39, 0.29) is 5.92 Å². The third-order valence-electron chi connectivity index (χ3n) is 5.90. The lowest BCUT2D eigenvalue weighted by molar-refractivity contribution is 0.528. The van der Waals surface area contributed by atoms with Gasteiger partial charge in [-0.2, -0.15) is 0 Å². The number of hydrogen-bond acceptors (Lipinski definition) is 0. The standard InChI is InChI=1S/C23H24F2/c1-2-3-15-4-8-22-17(10-15)5-6-18-11-16(7-9-23(18)22)19-12-20(24)14-21(25)13-19/h2-3,5-6,12-16H,4,7-11H2,1H3. The predicted octanol–water partition coefficient (Wildman–Crippen LogP) is 5.92. The highest BCUT2D eigenvalue weighted by atomic mass is 19.1. The molecule has 0 saturated carbocycles. The fraction of sp³-hybridized carbons (Fsp3) is 0.391. The van der Waals surface area contributed by atoms with E-state index in [0.717, 1.165) is 43.7 Å². The minimum atomic E-state index is -0.471. The van der Waals surface area contributed by atoms with Gasteiger partial charge in [-0.1, -0.05) is 24.3 Å². The highest BCUT2D eigenvalue weighted by Gasteiger charge is 2.26. The van der Waals surface area contributed by atoms with E-state index in [9.17, 15) is 8.78 Å². The number of halogens is 2. The Bertz CT molecular complexity index is 799. The molecule has 25 heavy (non-hydrogen) atoms. The summed E-state index contributed by atoms with van der Waals surface area (Å²) in [6, 6.07) is 8.50. The molecule has 2 atom stereocenters. The van der Waals surface area contributed by atoms with Crippen molar-refractivity contribution in [2.75, 3.05) is 0 Å². The van der Waals surface area contributed by atoms with Crippen LogP contribution in [0.2, 0.25) is 0 Å². The first-order chi connectivity index (χ1) is 12.1. The highest BCUT2D eigenvalue weighted by molar-refractivity contribution is 5.45. The van der Waals surface area contributed by atoms with Crippen molar-refractivity contribution in [3.05, 3.63) is 81.9 Å². The lowest BCUT2D eigenvalue weighted by Crippen LogP contribution is -2.20. The lowest BCUT2D eigenvalue weighted by Gasteiger charge is -2.31. The van der Waals surface area contributed by atoms with Crippen molar-refractivity contribution in [3.63, 3.8) is 0 Å². The molecular formula is C23H24F2. The molecule has 0 aliphatic heterocycles. The van der Waals surface area contributed by atoms with Gasteiger partial charge in [0.25, 0.3) is 0 Å². The summed E-state index contributed by atoms with van der Waals surface area (Å²) in [6.07, 6.45) is 10.9. The third-order valence-corrected chi connectivity index (χ3v) is 5.90. The Balaban J connectivity index is 1.61. The summed E-state index contributed by atoms with van der Waals surface area (Å²) in [5.74, 6) is -0.0558. The van der Waals surface area contributed by atoms with E-state index in [1.165, 1.54) is 35.2 Å². The Morgan fingerprint density at radius 2 is 1.52 bits per heavy atom. The van der Waals surface area contributed by atoms with Gasteiger partial charge in [-0.3, -0.25) is 0 Å². The molecule has 0 spiro atoms. The van der Waals surface area contributed by atoms with Gasteiger partial charge in [-0.25, -0.2) is 8.78 Å². The minimum Gasteiger partial charge on any atom is -0.207 e. The van der Waals surface area contributed by atoms with Gasteiger partial charge < -0.3 is 0 Å². The van der Waals surface area contributed by atoms with Gasteiger partial charge in [0.2, 0.25) is 0 Å². The maximum atomic E-state index is 13.6. The quantitative estimate of drug-likeness (QED) is 0.596. The summed E-state index contributed by atoms with van der Waals surface area (Å²) in [6.45, 7) is 2.10. The van der Waals surface area contributed by atoms with E-state index >= 15 is 0 Å². The summed E-state index contributed by atoms with van der Waals surface area (Å²) in [7, 11) is 0. The van der Waals surface area contributed by atoms with Crippen LogP contribution in [0, 0.1) is 17.6 Å². The number of hydrogen-bond donors (Lipinski definition) is 0. The summed E-state index contributed by atoms with van der Waals surface area (Å²) in [4.78, 5) is 0. The first-order valence-electron chi connectivity index (χ1n) is 9.35. The van der Waals surface area contributed by atoms with Crippen LogP contribution in [-0.2, 0) is 25.7 Å². The number of rotatable bonds is 2. The molecule has 2 aromatic rings. The number of fused-ring (bicyclic) bond motifs is 3. The van der Waals surface area contributed by atoms with E-state index < -0.39 is 11.6 Å². The van der Waals surface area contributed by atoms with Gasteiger partial charge in [-0.05, 0) is 97.2 Å². The number of allylic oxidation sites excluding steroid dienone is 2. The predicted molar refractivity (Wildman–Crippen MR) is 97.9 cm³/mol. The molecule has 2 aliphatic carbocycles. The molecule has 0 N–H and O–H groups in total. The van der Waals surface area contributed by atoms with Crippen LogP contribution in [0.25, 0.3) is 0 Å². The maximum absolute atomic E-state index is 13.6. The largest absolute Gasteiger partial charge is 0.207 e. The average Bonchev–Trinajstić information content (AvgIpc) is 2.60. The summed E-state index contributed by atoms with van der Waals surface area (Å²) < 4.78 is 27.1. The topological polar surface area (TPSA) is 0 Å². The molecule has 2 unspecified atom stereocenters. The molecule has 0 radical (unpaired) electrons. The van der Waals surface area contributed by atoms with Crippen LogP contribution in [-0.4, -0.2) is 0 Å². The van der Waals surface area contributed by atoms with E-state index in [1.807, 2.05) is 0 Å². The Kier molecular flexibility index (Phi) is 4.45. The van der Waals surface area contributed by atoms with Crippen LogP contribution in [0.5, 0.6) is 0 Å². The van der Waals surface area contributed by atoms with Crippen molar-refractivity contribution in [1.82, 2.24) is 0 Å². The SMILES string of the molecule is CC=CC1CCc2c(ccc3c2CCC(c2cc(F)cc(F)c2)C3)C1. The van der Waals surface area contributed by atoms with Crippen molar-refractivity contribution in [2.45, 2.75) is 51.4 Å². The molecule has 0 bridgehead atoms. The molecule has 0 fully saturated rings. The van der Waals surface area contributed by atoms with Crippen LogP contribution in [0.3, 0.4) is 0 Å². The Morgan fingerprint density at radius 1 is 0.880 bits per heavy atom. The second-order valence-electron chi connectivity index (χ2n) is 7.51. The molecule has 2 heteroatoms. The molecule has 0 nitrogen and oxygen atoms in total. The summed E-state index contributed by atoms with van der Waals surface area (Å²) in [5.41, 5.74) is 6.76. The van der Waals surface area contributed by atoms with Crippen molar-refractivity contribution in [3.8, 4) is 0 Å². The van der Waals surface area contributed by atoms with Crippen LogP contribution in [0.4, 0.5) is 8.78 Å². The molecule has 2 aliphatic rings. The van der Waals surface area contributed by atoms with E-state index in [4.69, 9.17) is 0 Å². The summed E-state index contributed by atoms with van der Waals surface area (Å²) in [5, 5.41) is 0. The van der Waals surface area contributed by atoms with Gasteiger partial charge in [0.15, 0.2) is 0 Å². The fourth-order valence-corrected chi connectivity index (χ4v) is 4.73. The zero-order chi connectivity index (χ0) is 17.4. The first-order valence-corrected chi connectivity index (χ1v) is 9.35. The van der Waals surface area contributed by atoms with Gasteiger partial charge in [0, 0.05) is 6.07 Å². The van der Waals surface area contributed by atoms with Crippen LogP contribution in [0.1, 0.15) is 53.5 Å². The summed E-state index contributed by atoms with van der Waals surface area (Å²) >= 11 is 0. The molecular weight excluding hydrogens is 314 g/mol. The van der Waals surface area contributed by atoms with Crippen molar-refractivity contribution in [1.29, 1.82) is 0 Å². The smallest absolute Gasteiger partial charge is 0.126 e. The van der Waals surface area contributed by atoms with E-state index in [2.05, 4.69) is 31.2 Å². The average molecular weight is 338 g/mol. The zero-order valence-corrected chi connectivity index (χ0v) is 14.7. The zero-order valence-electron chi connectivity index (χ0n) is 14.7. The molecule has 2 aromatic carbocycles. The Labute approximate surface area is 148 Å². The Morgan fingerprint density at radius 3 is 2.20 bits per heavy atom. The van der Waals surface area contributed by atoms with Crippen LogP contribution >= 0.6 is 0 Å². The van der Waals surface area contributed by atoms with Gasteiger partial charge >= 0.3 is 0 Å². The molecule has 0 amide bonds. The Hall–Kier alpha value is -1.96. The van der Waals surface area contributed by atoms with Gasteiger partial charge in [-0.15, -0.1) is 0 Å². The second-order valence-corrected chi connectivity index (χ2v) is 7.51. The molecule has 130 valence electrons. The monoisotopic (exact) mass is 338 g/mol. The number of benzene rings is 2. The van der Waals surface area contributed by atoms with Crippen LogP contribution < -0.4 is 0 Å². The molecule has 0 aromatic heterocycles. The normalized spacial score (nSPS) is 22.7. The maximum Gasteiger partial charge on any atom is 0.126 e.